The standard InChI is InChI=1S/C13H27N2/c1-4-14(5-2)12-15(6-3)13-10-8-7-9-11-13/h4-12H2,1-3H3. The van der Waals surface area contributed by atoms with Gasteiger partial charge in [-0.3, -0.25) is 9.80 Å². The first-order valence-electron chi connectivity index (χ1n) is 6.63. The zero-order valence-electron chi connectivity index (χ0n) is 10.8. The quantitative estimate of drug-likeness (QED) is 0.623. The van der Waals surface area contributed by atoms with Crippen LogP contribution in [-0.4, -0.2) is 36.1 Å². The van der Waals surface area contributed by atoms with E-state index >= 15 is 0 Å². The second-order valence-electron chi connectivity index (χ2n) is 4.43. The van der Waals surface area contributed by atoms with Crippen molar-refractivity contribution in [2.75, 3.05) is 26.3 Å². The van der Waals surface area contributed by atoms with Crippen LogP contribution in [0.15, 0.2) is 0 Å². The molecule has 0 bridgehead atoms. The number of rotatable bonds is 6. The van der Waals surface area contributed by atoms with Crippen molar-refractivity contribution in [1.82, 2.24) is 9.80 Å². The predicted molar refractivity (Wildman–Crippen MR) is 66.5 cm³/mol. The summed E-state index contributed by atoms with van der Waals surface area (Å²) in [5, 5.41) is 0. The highest BCUT2D eigenvalue weighted by atomic mass is 15.3. The Bertz CT molecular complexity index is 149. The molecular formula is C13H27N2. The van der Waals surface area contributed by atoms with Gasteiger partial charge in [0.2, 0.25) is 0 Å². The number of nitrogens with zero attached hydrogens (tertiary/aromatic N) is 2. The molecule has 1 saturated carbocycles. The van der Waals surface area contributed by atoms with Crippen molar-refractivity contribution in [3.63, 3.8) is 0 Å². The van der Waals surface area contributed by atoms with E-state index in [0.717, 1.165) is 6.67 Å². The summed E-state index contributed by atoms with van der Waals surface area (Å²) in [4.78, 5) is 5.09. The maximum absolute atomic E-state index is 2.59. The van der Waals surface area contributed by atoms with Gasteiger partial charge in [-0.15, -0.1) is 0 Å². The minimum atomic E-state index is 1.14. The lowest BCUT2D eigenvalue weighted by atomic mass is 9.94. The van der Waals surface area contributed by atoms with Crippen LogP contribution in [0.2, 0.25) is 0 Å². The first-order valence-corrected chi connectivity index (χ1v) is 6.63. The van der Waals surface area contributed by atoms with Gasteiger partial charge in [-0.2, -0.15) is 0 Å². The maximum Gasteiger partial charge on any atom is 0.0511 e. The molecule has 1 aliphatic carbocycles. The third kappa shape index (κ3) is 4.12. The normalized spacial score (nSPS) is 19.0. The molecule has 0 aromatic heterocycles. The zero-order valence-corrected chi connectivity index (χ0v) is 10.8. The van der Waals surface area contributed by atoms with Crippen molar-refractivity contribution in [2.24, 2.45) is 0 Å². The van der Waals surface area contributed by atoms with Gasteiger partial charge in [0, 0.05) is 6.04 Å². The van der Waals surface area contributed by atoms with E-state index in [1.165, 1.54) is 51.7 Å². The molecule has 0 aromatic carbocycles. The molecule has 1 aliphatic rings. The lowest BCUT2D eigenvalue weighted by molar-refractivity contribution is 0.135. The van der Waals surface area contributed by atoms with E-state index in [2.05, 4.69) is 30.6 Å². The summed E-state index contributed by atoms with van der Waals surface area (Å²) in [5.74, 6) is 0. The van der Waals surface area contributed by atoms with Gasteiger partial charge in [0.1, 0.15) is 0 Å². The van der Waals surface area contributed by atoms with Crippen molar-refractivity contribution in [3.05, 3.63) is 6.04 Å². The van der Waals surface area contributed by atoms with Gasteiger partial charge in [0.05, 0.1) is 6.67 Å². The van der Waals surface area contributed by atoms with Crippen LogP contribution in [0.25, 0.3) is 0 Å². The Kier molecular flexibility index (Phi) is 6.26. The second kappa shape index (κ2) is 7.24. The first kappa shape index (κ1) is 13.0. The van der Waals surface area contributed by atoms with Gasteiger partial charge in [-0.05, 0) is 32.5 Å². The summed E-state index contributed by atoms with van der Waals surface area (Å²) in [7, 11) is 0. The van der Waals surface area contributed by atoms with Crippen LogP contribution in [0, 0.1) is 6.04 Å². The molecule has 0 aromatic rings. The van der Waals surface area contributed by atoms with Crippen LogP contribution in [-0.2, 0) is 0 Å². The maximum atomic E-state index is 2.59. The van der Waals surface area contributed by atoms with E-state index < -0.39 is 0 Å². The van der Waals surface area contributed by atoms with Gasteiger partial charge in [0.15, 0.2) is 0 Å². The van der Waals surface area contributed by atoms with Gasteiger partial charge >= 0.3 is 0 Å². The van der Waals surface area contributed by atoms with Gasteiger partial charge in [-0.1, -0.05) is 40.0 Å². The molecule has 1 radical (unpaired) electrons. The first-order chi connectivity index (χ1) is 7.31. The van der Waals surface area contributed by atoms with Gasteiger partial charge in [0.25, 0.3) is 0 Å². The van der Waals surface area contributed by atoms with Crippen molar-refractivity contribution in [2.45, 2.75) is 52.9 Å². The average Bonchev–Trinajstić information content (AvgIpc) is 2.32. The van der Waals surface area contributed by atoms with E-state index in [1.54, 1.807) is 6.04 Å². The summed E-state index contributed by atoms with van der Waals surface area (Å²) in [6.45, 7) is 11.4. The molecule has 0 N–H and O–H groups in total. The predicted octanol–water partition coefficient (Wildman–Crippen LogP) is 3.10. The molecule has 2 heteroatoms. The average molecular weight is 211 g/mol. The molecule has 0 heterocycles. The van der Waals surface area contributed by atoms with Crippen LogP contribution in [0.4, 0.5) is 0 Å². The van der Waals surface area contributed by atoms with Crippen LogP contribution < -0.4 is 0 Å². The van der Waals surface area contributed by atoms with Crippen molar-refractivity contribution in [3.8, 4) is 0 Å². The third-order valence-electron chi connectivity index (χ3n) is 3.52. The molecule has 0 atom stereocenters. The van der Waals surface area contributed by atoms with Gasteiger partial charge in [-0.25, -0.2) is 0 Å². The Balaban J connectivity index is 2.38. The molecule has 0 saturated heterocycles. The summed E-state index contributed by atoms with van der Waals surface area (Å²) < 4.78 is 0. The largest absolute Gasteiger partial charge is 0.291 e. The lowest BCUT2D eigenvalue weighted by Gasteiger charge is -2.36. The summed E-state index contributed by atoms with van der Waals surface area (Å²) in [6.07, 6.45) is 6.94. The molecule has 89 valence electrons. The molecule has 1 fully saturated rings. The highest BCUT2D eigenvalue weighted by molar-refractivity contribution is 4.91. The molecule has 2 nitrogen and oxygen atoms in total. The molecule has 15 heavy (non-hydrogen) atoms. The van der Waals surface area contributed by atoms with Crippen LogP contribution in [0.1, 0.15) is 52.9 Å². The smallest absolute Gasteiger partial charge is 0.0511 e. The van der Waals surface area contributed by atoms with Crippen molar-refractivity contribution < 1.29 is 0 Å². The summed E-state index contributed by atoms with van der Waals surface area (Å²) in [5.41, 5.74) is 0. The van der Waals surface area contributed by atoms with E-state index in [9.17, 15) is 0 Å². The molecule has 1 rings (SSSR count). The highest BCUT2D eigenvalue weighted by Crippen LogP contribution is 2.28. The third-order valence-corrected chi connectivity index (χ3v) is 3.52. The highest BCUT2D eigenvalue weighted by Gasteiger charge is 2.21. The Morgan fingerprint density at radius 2 is 1.47 bits per heavy atom. The molecule has 0 spiro atoms. The van der Waals surface area contributed by atoms with E-state index in [-0.39, 0.29) is 0 Å². The van der Waals surface area contributed by atoms with E-state index in [4.69, 9.17) is 0 Å². The Labute approximate surface area is 95.6 Å². The van der Waals surface area contributed by atoms with Crippen molar-refractivity contribution in [1.29, 1.82) is 0 Å². The Hall–Kier alpha value is -0.0800. The Morgan fingerprint density at radius 1 is 0.867 bits per heavy atom. The molecular weight excluding hydrogens is 184 g/mol. The SMILES string of the molecule is CCN(CC)CN(CC)[C]1CCCCC1. The fraction of sp³-hybridized carbons (Fsp3) is 0.923. The molecule has 0 aliphatic heterocycles. The second-order valence-corrected chi connectivity index (χ2v) is 4.43. The number of hydrogen-bond donors (Lipinski definition) is 0. The fourth-order valence-electron chi connectivity index (χ4n) is 2.36. The van der Waals surface area contributed by atoms with E-state index in [0.29, 0.717) is 0 Å². The van der Waals surface area contributed by atoms with Crippen LogP contribution >= 0.6 is 0 Å². The Morgan fingerprint density at radius 3 is 1.93 bits per heavy atom. The van der Waals surface area contributed by atoms with Gasteiger partial charge < -0.3 is 0 Å². The fourth-order valence-corrected chi connectivity index (χ4v) is 2.36. The van der Waals surface area contributed by atoms with E-state index in [1.807, 2.05) is 0 Å². The summed E-state index contributed by atoms with van der Waals surface area (Å²) in [6, 6.07) is 1.70. The van der Waals surface area contributed by atoms with Crippen LogP contribution in [0.3, 0.4) is 0 Å². The minimum absolute atomic E-state index is 1.14. The summed E-state index contributed by atoms with van der Waals surface area (Å²) >= 11 is 0. The monoisotopic (exact) mass is 211 g/mol. The lowest BCUT2D eigenvalue weighted by Crippen LogP contribution is -2.40. The van der Waals surface area contributed by atoms with Crippen molar-refractivity contribution >= 4 is 0 Å². The zero-order chi connectivity index (χ0) is 11.1. The number of hydrogen-bond acceptors (Lipinski definition) is 2. The topological polar surface area (TPSA) is 6.48 Å². The van der Waals surface area contributed by atoms with Crippen LogP contribution in [0.5, 0.6) is 0 Å². The molecule has 0 unspecified atom stereocenters. The minimum Gasteiger partial charge on any atom is -0.291 e. The molecule has 0 amide bonds.